The molecule has 0 bridgehead atoms. The molecule has 0 aromatic heterocycles. The number of halogens is 2. The Morgan fingerprint density at radius 3 is 2.64 bits per heavy atom. The van der Waals surface area contributed by atoms with Crippen molar-refractivity contribution in [2.24, 2.45) is 4.99 Å². The molecule has 0 amide bonds. The van der Waals surface area contributed by atoms with E-state index in [0.29, 0.717) is 19.1 Å². The van der Waals surface area contributed by atoms with E-state index in [4.69, 9.17) is 0 Å². The highest BCUT2D eigenvalue weighted by Crippen LogP contribution is 2.26. The summed E-state index contributed by atoms with van der Waals surface area (Å²) in [6.07, 6.45) is 3.25. The Kier molecular flexibility index (Phi) is 5.73. The normalized spacial score (nSPS) is 24.8. The SMILES string of the molecule is CN=C(NCC1CCCN1C)NC1CCN(c2c(F)cccc2F)C1. The summed E-state index contributed by atoms with van der Waals surface area (Å²) in [6.45, 7) is 3.18. The number of nitrogens with zero attached hydrogens (tertiary/aromatic N) is 3. The number of likely N-dealkylation sites (tertiary alicyclic amines) is 1. The minimum Gasteiger partial charge on any atom is -0.365 e. The summed E-state index contributed by atoms with van der Waals surface area (Å²) in [5.74, 6) is -0.263. The first-order valence-corrected chi connectivity index (χ1v) is 8.95. The lowest BCUT2D eigenvalue weighted by molar-refractivity contribution is 0.309. The lowest BCUT2D eigenvalue weighted by Gasteiger charge is -2.23. The van der Waals surface area contributed by atoms with Gasteiger partial charge in [0.1, 0.15) is 17.3 Å². The molecule has 2 heterocycles. The van der Waals surface area contributed by atoms with Gasteiger partial charge in [0.15, 0.2) is 5.96 Å². The molecule has 5 nitrogen and oxygen atoms in total. The van der Waals surface area contributed by atoms with E-state index in [1.807, 2.05) is 0 Å². The number of nitrogens with one attached hydrogen (secondary N) is 2. The van der Waals surface area contributed by atoms with Crippen LogP contribution < -0.4 is 15.5 Å². The summed E-state index contributed by atoms with van der Waals surface area (Å²) < 4.78 is 27.9. The highest BCUT2D eigenvalue weighted by molar-refractivity contribution is 5.80. The average molecular weight is 351 g/mol. The molecule has 3 rings (SSSR count). The molecule has 2 atom stereocenters. The number of likely N-dealkylation sites (N-methyl/N-ethyl adjacent to an activating group) is 1. The summed E-state index contributed by atoms with van der Waals surface area (Å²) in [7, 11) is 3.89. The Hall–Kier alpha value is -1.89. The fraction of sp³-hybridized carbons (Fsp3) is 0.611. The zero-order valence-electron chi connectivity index (χ0n) is 14.9. The van der Waals surface area contributed by atoms with Gasteiger partial charge >= 0.3 is 0 Å². The maximum atomic E-state index is 13.9. The molecule has 2 aliphatic heterocycles. The number of hydrogen-bond acceptors (Lipinski definition) is 3. The van der Waals surface area contributed by atoms with E-state index in [1.54, 1.807) is 11.9 Å². The van der Waals surface area contributed by atoms with Crippen molar-refractivity contribution in [3.05, 3.63) is 29.8 Å². The number of rotatable bonds is 4. The van der Waals surface area contributed by atoms with E-state index in [-0.39, 0.29) is 11.7 Å². The van der Waals surface area contributed by atoms with Gasteiger partial charge < -0.3 is 20.4 Å². The summed E-state index contributed by atoms with van der Waals surface area (Å²) in [4.78, 5) is 8.40. The Morgan fingerprint density at radius 2 is 2.00 bits per heavy atom. The summed E-state index contributed by atoms with van der Waals surface area (Å²) in [6, 6.07) is 4.65. The van der Waals surface area contributed by atoms with Crippen LogP contribution in [0.2, 0.25) is 0 Å². The number of guanidine groups is 1. The van der Waals surface area contributed by atoms with Gasteiger partial charge in [0.25, 0.3) is 0 Å². The van der Waals surface area contributed by atoms with Gasteiger partial charge in [0, 0.05) is 38.8 Å². The third-order valence-corrected chi connectivity index (χ3v) is 5.18. The van der Waals surface area contributed by atoms with Gasteiger partial charge in [-0.3, -0.25) is 4.99 Å². The molecule has 2 aliphatic rings. The summed E-state index contributed by atoms with van der Waals surface area (Å²) in [5.41, 5.74) is 0.0716. The number of hydrogen-bond donors (Lipinski definition) is 2. The van der Waals surface area contributed by atoms with Crippen LogP contribution in [0, 0.1) is 11.6 Å². The van der Waals surface area contributed by atoms with E-state index in [2.05, 4.69) is 27.6 Å². The van der Waals surface area contributed by atoms with Gasteiger partial charge in [0.05, 0.1) is 0 Å². The highest BCUT2D eigenvalue weighted by Gasteiger charge is 2.27. The molecule has 0 spiro atoms. The van der Waals surface area contributed by atoms with Crippen LogP contribution in [0.4, 0.5) is 14.5 Å². The van der Waals surface area contributed by atoms with Crippen molar-refractivity contribution in [1.29, 1.82) is 0 Å². The Labute approximate surface area is 148 Å². The fourth-order valence-corrected chi connectivity index (χ4v) is 3.71. The molecular formula is C18H27F2N5. The number of anilines is 1. The molecule has 1 aromatic rings. The molecule has 2 unspecified atom stereocenters. The van der Waals surface area contributed by atoms with E-state index < -0.39 is 11.6 Å². The zero-order chi connectivity index (χ0) is 17.8. The second kappa shape index (κ2) is 7.99. The number of para-hydroxylation sites is 1. The first kappa shape index (κ1) is 17.9. The standard InChI is InChI=1S/C18H27F2N5/c1-21-18(22-11-14-5-4-9-24(14)2)23-13-8-10-25(12-13)17-15(19)6-3-7-16(17)20/h3,6-7,13-14H,4-5,8-12H2,1-2H3,(H2,21,22,23). The highest BCUT2D eigenvalue weighted by atomic mass is 19.1. The van der Waals surface area contributed by atoms with E-state index in [1.165, 1.54) is 31.0 Å². The van der Waals surface area contributed by atoms with Crippen molar-refractivity contribution in [3.8, 4) is 0 Å². The predicted molar refractivity (Wildman–Crippen MR) is 97.1 cm³/mol. The monoisotopic (exact) mass is 351 g/mol. The van der Waals surface area contributed by atoms with Crippen LogP contribution in [-0.2, 0) is 0 Å². The van der Waals surface area contributed by atoms with Crippen LogP contribution in [0.15, 0.2) is 23.2 Å². The molecule has 0 radical (unpaired) electrons. The van der Waals surface area contributed by atoms with Gasteiger partial charge in [-0.05, 0) is 45.0 Å². The van der Waals surface area contributed by atoms with Crippen LogP contribution in [-0.4, -0.2) is 63.2 Å². The molecule has 138 valence electrons. The van der Waals surface area contributed by atoms with E-state index in [0.717, 1.165) is 25.5 Å². The second-order valence-electron chi connectivity index (χ2n) is 6.88. The van der Waals surface area contributed by atoms with Crippen LogP contribution >= 0.6 is 0 Å². The molecule has 0 saturated carbocycles. The van der Waals surface area contributed by atoms with Gasteiger partial charge in [-0.25, -0.2) is 8.78 Å². The van der Waals surface area contributed by atoms with Gasteiger partial charge in [0.2, 0.25) is 0 Å². The predicted octanol–water partition coefficient (Wildman–Crippen LogP) is 1.80. The van der Waals surface area contributed by atoms with E-state index in [9.17, 15) is 8.78 Å². The maximum absolute atomic E-state index is 13.9. The molecule has 0 aliphatic carbocycles. The maximum Gasteiger partial charge on any atom is 0.191 e. The zero-order valence-corrected chi connectivity index (χ0v) is 14.9. The van der Waals surface area contributed by atoms with Crippen molar-refractivity contribution < 1.29 is 8.78 Å². The lowest BCUT2D eigenvalue weighted by atomic mass is 10.2. The van der Waals surface area contributed by atoms with Crippen LogP contribution in [0.5, 0.6) is 0 Å². The third-order valence-electron chi connectivity index (χ3n) is 5.18. The molecule has 25 heavy (non-hydrogen) atoms. The van der Waals surface area contributed by atoms with Crippen molar-refractivity contribution in [2.45, 2.75) is 31.3 Å². The molecule has 2 fully saturated rings. The Morgan fingerprint density at radius 1 is 1.24 bits per heavy atom. The minimum atomic E-state index is -0.507. The van der Waals surface area contributed by atoms with Crippen molar-refractivity contribution >= 4 is 11.6 Å². The van der Waals surface area contributed by atoms with Crippen LogP contribution in [0.25, 0.3) is 0 Å². The van der Waals surface area contributed by atoms with Crippen molar-refractivity contribution in [2.75, 3.05) is 45.2 Å². The topological polar surface area (TPSA) is 42.9 Å². The Bertz CT molecular complexity index is 601. The number of aliphatic imine (C=N–C) groups is 1. The third kappa shape index (κ3) is 4.21. The molecular weight excluding hydrogens is 324 g/mol. The quantitative estimate of drug-likeness (QED) is 0.641. The van der Waals surface area contributed by atoms with Gasteiger partial charge in [-0.1, -0.05) is 6.07 Å². The van der Waals surface area contributed by atoms with E-state index >= 15 is 0 Å². The summed E-state index contributed by atoms with van der Waals surface area (Å²) >= 11 is 0. The van der Waals surface area contributed by atoms with Crippen molar-refractivity contribution in [3.63, 3.8) is 0 Å². The first-order chi connectivity index (χ1) is 12.1. The molecule has 7 heteroatoms. The lowest BCUT2D eigenvalue weighted by Crippen LogP contribution is -2.48. The van der Waals surface area contributed by atoms with Crippen LogP contribution in [0.3, 0.4) is 0 Å². The summed E-state index contributed by atoms with van der Waals surface area (Å²) in [5, 5.41) is 6.75. The van der Waals surface area contributed by atoms with Crippen LogP contribution in [0.1, 0.15) is 19.3 Å². The first-order valence-electron chi connectivity index (χ1n) is 8.95. The fourth-order valence-electron chi connectivity index (χ4n) is 3.71. The molecule has 2 saturated heterocycles. The molecule has 1 aromatic carbocycles. The average Bonchev–Trinajstić information content (AvgIpc) is 3.20. The van der Waals surface area contributed by atoms with Gasteiger partial charge in [-0.15, -0.1) is 0 Å². The van der Waals surface area contributed by atoms with Crippen molar-refractivity contribution in [1.82, 2.24) is 15.5 Å². The minimum absolute atomic E-state index is 0.0716. The largest absolute Gasteiger partial charge is 0.365 e. The van der Waals surface area contributed by atoms with Gasteiger partial charge in [-0.2, -0.15) is 0 Å². The molecule has 2 N–H and O–H groups in total. The smallest absolute Gasteiger partial charge is 0.191 e. The Balaban J connectivity index is 1.53. The number of benzene rings is 1. The second-order valence-corrected chi connectivity index (χ2v) is 6.88.